The molecule has 0 aliphatic carbocycles. The summed E-state index contributed by atoms with van der Waals surface area (Å²) in [5, 5.41) is 10.1. The van der Waals surface area contributed by atoms with Gasteiger partial charge in [0, 0.05) is 16.1 Å². The fourth-order valence-electron chi connectivity index (χ4n) is 1.91. The highest BCUT2D eigenvalue weighted by atomic mass is 35.5. The van der Waals surface area contributed by atoms with Crippen LogP contribution < -0.4 is 0 Å². The molecule has 6 heteroatoms. The summed E-state index contributed by atoms with van der Waals surface area (Å²) in [7, 11) is 0. The zero-order valence-electron chi connectivity index (χ0n) is 10.9. The predicted molar refractivity (Wildman–Crippen MR) is 81.6 cm³/mol. The van der Waals surface area contributed by atoms with Crippen LogP contribution in [0.25, 0.3) is 0 Å². The van der Waals surface area contributed by atoms with Crippen molar-refractivity contribution < 1.29 is 9.90 Å². The lowest BCUT2D eigenvalue weighted by Gasteiger charge is -2.28. The number of nitrogens with zero attached hydrogens (tertiary/aromatic N) is 1. The van der Waals surface area contributed by atoms with Gasteiger partial charge in [-0.2, -0.15) is 0 Å². The zero-order valence-corrected chi connectivity index (χ0v) is 13.2. The molecule has 0 amide bonds. The molecule has 0 spiro atoms. The van der Waals surface area contributed by atoms with Crippen molar-refractivity contribution in [3.63, 3.8) is 0 Å². The third-order valence-corrected chi connectivity index (χ3v) is 3.37. The van der Waals surface area contributed by atoms with Crippen LogP contribution in [0.15, 0.2) is 18.2 Å². The van der Waals surface area contributed by atoms with E-state index in [0.717, 1.165) is 12.0 Å². The van der Waals surface area contributed by atoms with E-state index >= 15 is 0 Å². The van der Waals surface area contributed by atoms with E-state index in [1.54, 1.807) is 12.1 Å². The first-order valence-electron chi connectivity index (χ1n) is 5.86. The molecule has 0 aromatic heterocycles. The van der Waals surface area contributed by atoms with Crippen molar-refractivity contribution in [2.45, 2.75) is 26.3 Å². The first-order chi connectivity index (χ1) is 8.45. The van der Waals surface area contributed by atoms with E-state index in [9.17, 15) is 4.79 Å². The maximum absolute atomic E-state index is 10.9. The van der Waals surface area contributed by atoms with Crippen LogP contribution in [0.1, 0.15) is 31.9 Å². The third kappa shape index (κ3) is 5.57. The summed E-state index contributed by atoms with van der Waals surface area (Å²) >= 11 is 12.0. The Labute approximate surface area is 129 Å². The number of carboxylic acids is 1. The molecule has 0 heterocycles. The summed E-state index contributed by atoms with van der Waals surface area (Å²) in [4.78, 5) is 12.7. The van der Waals surface area contributed by atoms with Gasteiger partial charge in [-0.1, -0.05) is 36.2 Å². The van der Waals surface area contributed by atoms with Crippen LogP contribution in [0.3, 0.4) is 0 Å². The fraction of sp³-hybridized carbons (Fsp3) is 0.462. The smallest absolute Gasteiger partial charge is 0.317 e. The highest BCUT2D eigenvalue weighted by Crippen LogP contribution is 2.29. The number of aliphatic carboxylic acids is 1. The van der Waals surface area contributed by atoms with Crippen LogP contribution in [0.5, 0.6) is 0 Å². The molecule has 1 aromatic carbocycles. The first-order valence-corrected chi connectivity index (χ1v) is 6.62. The average molecular weight is 327 g/mol. The number of hydrogen-bond acceptors (Lipinski definition) is 2. The summed E-state index contributed by atoms with van der Waals surface area (Å²) in [6.07, 6.45) is 0.892. The molecule has 0 saturated carbocycles. The van der Waals surface area contributed by atoms with Gasteiger partial charge in [-0.05, 0) is 37.6 Å². The van der Waals surface area contributed by atoms with E-state index < -0.39 is 5.97 Å². The minimum absolute atomic E-state index is 0. The maximum atomic E-state index is 10.9. The lowest BCUT2D eigenvalue weighted by molar-refractivity contribution is -0.138. The van der Waals surface area contributed by atoms with Gasteiger partial charge in [-0.15, -0.1) is 12.4 Å². The first kappa shape index (κ1) is 18.5. The Balaban J connectivity index is 0.00000324. The lowest BCUT2D eigenvalue weighted by Crippen LogP contribution is -2.33. The van der Waals surface area contributed by atoms with E-state index in [1.165, 1.54) is 0 Å². The van der Waals surface area contributed by atoms with Gasteiger partial charge in [0.1, 0.15) is 0 Å². The standard InChI is InChI=1S/C13H17Cl2NO2.ClH/c1-3-6-16(8-13(17)18)9(2)11-5-4-10(14)7-12(11)15;/h4-5,7,9H,3,6,8H2,1-2H3,(H,17,18);1H. The molecule has 0 radical (unpaired) electrons. The topological polar surface area (TPSA) is 40.5 Å². The van der Waals surface area contributed by atoms with Crippen LogP contribution in [0.2, 0.25) is 10.0 Å². The Morgan fingerprint density at radius 3 is 2.53 bits per heavy atom. The van der Waals surface area contributed by atoms with E-state index in [4.69, 9.17) is 28.3 Å². The van der Waals surface area contributed by atoms with Crippen molar-refractivity contribution in [2.75, 3.05) is 13.1 Å². The second kappa shape index (κ2) is 8.64. The Kier molecular flexibility index (Phi) is 8.42. The zero-order chi connectivity index (χ0) is 13.7. The highest BCUT2D eigenvalue weighted by molar-refractivity contribution is 6.35. The molecule has 1 aromatic rings. The van der Waals surface area contributed by atoms with Crippen molar-refractivity contribution in [3.05, 3.63) is 33.8 Å². The highest BCUT2D eigenvalue weighted by Gasteiger charge is 2.19. The van der Waals surface area contributed by atoms with Gasteiger partial charge >= 0.3 is 5.97 Å². The SMILES string of the molecule is CCCN(CC(=O)O)C(C)c1ccc(Cl)cc1Cl.Cl. The molecular weight excluding hydrogens is 309 g/mol. The molecule has 0 aliphatic rings. The van der Waals surface area contributed by atoms with Crippen molar-refractivity contribution in [3.8, 4) is 0 Å². The van der Waals surface area contributed by atoms with Gasteiger partial charge in [0.2, 0.25) is 0 Å². The van der Waals surface area contributed by atoms with E-state index in [-0.39, 0.29) is 25.0 Å². The minimum Gasteiger partial charge on any atom is -0.480 e. The quantitative estimate of drug-likeness (QED) is 0.848. The fourth-order valence-corrected chi connectivity index (χ4v) is 2.47. The molecule has 19 heavy (non-hydrogen) atoms. The summed E-state index contributed by atoms with van der Waals surface area (Å²) in [5.74, 6) is -0.833. The van der Waals surface area contributed by atoms with Gasteiger partial charge in [-0.25, -0.2) is 0 Å². The number of hydrogen-bond donors (Lipinski definition) is 1. The van der Waals surface area contributed by atoms with E-state index in [2.05, 4.69) is 0 Å². The minimum atomic E-state index is -0.833. The van der Waals surface area contributed by atoms with Crippen LogP contribution in [0.4, 0.5) is 0 Å². The van der Waals surface area contributed by atoms with Gasteiger partial charge in [0.25, 0.3) is 0 Å². The molecule has 108 valence electrons. The monoisotopic (exact) mass is 325 g/mol. The molecular formula is C13H18Cl3NO2. The second-order valence-electron chi connectivity index (χ2n) is 4.21. The number of rotatable bonds is 6. The van der Waals surface area contributed by atoms with Crippen LogP contribution in [0, 0.1) is 0 Å². The van der Waals surface area contributed by atoms with Crippen molar-refractivity contribution >= 4 is 41.6 Å². The Bertz CT molecular complexity index is 426. The van der Waals surface area contributed by atoms with Crippen LogP contribution in [-0.2, 0) is 4.79 Å². The van der Waals surface area contributed by atoms with Gasteiger partial charge < -0.3 is 5.11 Å². The van der Waals surface area contributed by atoms with Crippen LogP contribution in [-0.4, -0.2) is 29.1 Å². The molecule has 3 nitrogen and oxygen atoms in total. The molecule has 0 bridgehead atoms. The van der Waals surface area contributed by atoms with Crippen LogP contribution >= 0.6 is 35.6 Å². The van der Waals surface area contributed by atoms with E-state index in [0.29, 0.717) is 16.6 Å². The Hall–Kier alpha value is -0.480. The summed E-state index contributed by atoms with van der Waals surface area (Å²) in [6.45, 7) is 4.69. The average Bonchev–Trinajstić information content (AvgIpc) is 2.27. The summed E-state index contributed by atoms with van der Waals surface area (Å²) < 4.78 is 0. The lowest BCUT2D eigenvalue weighted by atomic mass is 10.1. The molecule has 0 saturated heterocycles. The number of benzene rings is 1. The molecule has 0 fully saturated rings. The molecule has 1 N–H and O–H groups in total. The number of carbonyl (C=O) groups is 1. The largest absolute Gasteiger partial charge is 0.480 e. The van der Waals surface area contributed by atoms with Gasteiger partial charge in [-0.3, -0.25) is 9.69 Å². The summed E-state index contributed by atoms with van der Waals surface area (Å²) in [5.41, 5.74) is 0.899. The number of carboxylic acid groups (broad SMARTS) is 1. The molecule has 0 aliphatic heterocycles. The van der Waals surface area contributed by atoms with Gasteiger partial charge in [0.15, 0.2) is 0 Å². The predicted octanol–water partition coefficient (Wildman–Crippen LogP) is 4.27. The van der Waals surface area contributed by atoms with Crippen molar-refractivity contribution in [1.82, 2.24) is 4.90 Å². The van der Waals surface area contributed by atoms with Gasteiger partial charge in [0.05, 0.1) is 6.54 Å². The molecule has 1 unspecified atom stereocenters. The Morgan fingerprint density at radius 2 is 2.05 bits per heavy atom. The Morgan fingerprint density at radius 1 is 1.42 bits per heavy atom. The normalized spacial score (nSPS) is 12.1. The maximum Gasteiger partial charge on any atom is 0.317 e. The second-order valence-corrected chi connectivity index (χ2v) is 5.05. The third-order valence-electron chi connectivity index (χ3n) is 2.81. The van der Waals surface area contributed by atoms with Crippen molar-refractivity contribution in [2.24, 2.45) is 0 Å². The number of halogens is 3. The molecule has 1 atom stereocenters. The molecule has 1 rings (SSSR count). The van der Waals surface area contributed by atoms with E-state index in [1.807, 2.05) is 24.8 Å². The summed E-state index contributed by atoms with van der Waals surface area (Å²) in [6, 6.07) is 5.25. The van der Waals surface area contributed by atoms with Crippen molar-refractivity contribution in [1.29, 1.82) is 0 Å².